The summed E-state index contributed by atoms with van der Waals surface area (Å²) in [7, 11) is 4.05. The average molecular weight is 178 g/mol. The molecule has 0 radical (unpaired) electrons. The topological polar surface area (TPSA) is 15.3 Å². The number of aryl methyl sites for hydroxylation is 1. The van der Waals surface area contributed by atoms with Crippen LogP contribution in [0.15, 0.2) is 18.2 Å². The van der Waals surface area contributed by atoms with Gasteiger partial charge in [0.15, 0.2) is 0 Å². The summed E-state index contributed by atoms with van der Waals surface area (Å²) in [5, 5.41) is 3.16. The Kier molecular flexibility index (Phi) is 3.18. The van der Waals surface area contributed by atoms with Crippen LogP contribution < -0.4 is 10.2 Å². The Morgan fingerprint density at radius 1 is 1.38 bits per heavy atom. The maximum absolute atomic E-state index is 3.16. The first kappa shape index (κ1) is 9.90. The first-order valence-corrected chi connectivity index (χ1v) is 4.68. The second-order valence-electron chi connectivity index (χ2n) is 3.26. The molecule has 0 fully saturated rings. The van der Waals surface area contributed by atoms with Crippen LogP contribution in [0.2, 0.25) is 0 Å². The van der Waals surface area contributed by atoms with E-state index >= 15 is 0 Å². The molecule has 0 aromatic heterocycles. The van der Waals surface area contributed by atoms with Crippen molar-refractivity contribution in [3.63, 3.8) is 0 Å². The lowest BCUT2D eigenvalue weighted by molar-refractivity contribution is 0.967. The van der Waals surface area contributed by atoms with Crippen molar-refractivity contribution >= 4 is 11.4 Å². The van der Waals surface area contributed by atoms with Crippen molar-refractivity contribution in [3.8, 4) is 0 Å². The lowest BCUT2D eigenvalue weighted by Crippen LogP contribution is -2.15. The van der Waals surface area contributed by atoms with Gasteiger partial charge in [-0.3, -0.25) is 0 Å². The molecule has 0 spiro atoms. The van der Waals surface area contributed by atoms with Gasteiger partial charge in [-0.1, -0.05) is 0 Å². The minimum absolute atomic E-state index is 1.04. The van der Waals surface area contributed by atoms with Crippen LogP contribution in [0.3, 0.4) is 0 Å². The average Bonchev–Trinajstić information content (AvgIpc) is 2.16. The lowest BCUT2D eigenvalue weighted by atomic mass is 10.1. The number of benzene rings is 1. The summed E-state index contributed by atoms with van der Waals surface area (Å²) < 4.78 is 0. The zero-order valence-corrected chi connectivity index (χ0v) is 8.89. The van der Waals surface area contributed by atoms with Crippen LogP contribution in [0.25, 0.3) is 0 Å². The van der Waals surface area contributed by atoms with Crippen LogP contribution in [-0.2, 0) is 0 Å². The fourth-order valence-corrected chi connectivity index (χ4v) is 1.35. The number of rotatable bonds is 3. The SMILES string of the molecule is CCN(C)c1ccc(NC)c(C)c1. The van der Waals surface area contributed by atoms with Crippen molar-refractivity contribution in [2.24, 2.45) is 0 Å². The van der Waals surface area contributed by atoms with Crippen LogP contribution in [0.5, 0.6) is 0 Å². The lowest BCUT2D eigenvalue weighted by Gasteiger charge is -2.18. The molecule has 1 N–H and O–H groups in total. The molecule has 0 aliphatic carbocycles. The van der Waals surface area contributed by atoms with Gasteiger partial charge in [-0.15, -0.1) is 0 Å². The standard InChI is InChI=1S/C11H18N2/c1-5-13(4)10-6-7-11(12-3)9(2)8-10/h6-8,12H,5H2,1-4H3. The van der Waals surface area contributed by atoms with E-state index in [-0.39, 0.29) is 0 Å². The van der Waals surface area contributed by atoms with Gasteiger partial charge in [0, 0.05) is 32.0 Å². The zero-order valence-electron chi connectivity index (χ0n) is 8.89. The minimum atomic E-state index is 1.04. The van der Waals surface area contributed by atoms with Crippen LogP contribution in [0.4, 0.5) is 11.4 Å². The zero-order chi connectivity index (χ0) is 9.84. The molecule has 0 atom stereocenters. The van der Waals surface area contributed by atoms with Crippen LogP contribution >= 0.6 is 0 Å². The van der Waals surface area contributed by atoms with Gasteiger partial charge in [0.25, 0.3) is 0 Å². The van der Waals surface area contributed by atoms with Crippen molar-refractivity contribution in [2.75, 3.05) is 30.9 Å². The molecule has 13 heavy (non-hydrogen) atoms. The highest BCUT2D eigenvalue weighted by molar-refractivity contribution is 5.59. The van der Waals surface area contributed by atoms with E-state index in [9.17, 15) is 0 Å². The second kappa shape index (κ2) is 4.17. The van der Waals surface area contributed by atoms with Gasteiger partial charge < -0.3 is 10.2 Å². The Labute approximate surface area is 80.6 Å². The fourth-order valence-electron chi connectivity index (χ4n) is 1.35. The Hall–Kier alpha value is -1.18. The van der Waals surface area contributed by atoms with Crippen LogP contribution in [0.1, 0.15) is 12.5 Å². The molecule has 0 unspecified atom stereocenters. The Morgan fingerprint density at radius 2 is 2.08 bits per heavy atom. The van der Waals surface area contributed by atoms with E-state index in [2.05, 4.69) is 49.3 Å². The molecule has 0 heterocycles. The molecule has 72 valence electrons. The summed E-state index contributed by atoms with van der Waals surface area (Å²) in [5.41, 5.74) is 3.77. The van der Waals surface area contributed by atoms with Crippen molar-refractivity contribution in [2.45, 2.75) is 13.8 Å². The molecule has 0 aliphatic rings. The molecule has 0 bridgehead atoms. The predicted molar refractivity (Wildman–Crippen MR) is 59.7 cm³/mol. The van der Waals surface area contributed by atoms with E-state index in [1.54, 1.807) is 0 Å². The molecule has 0 amide bonds. The molecule has 1 rings (SSSR count). The van der Waals surface area contributed by atoms with Crippen molar-refractivity contribution in [1.29, 1.82) is 0 Å². The van der Waals surface area contributed by atoms with E-state index in [1.807, 2.05) is 7.05 Å². The summed E-state index contributed by atoms with van der Waals surface area (Å²) in [6.45, 7) is 5.32. The molecule has 0 saturated heterocycles. The first-order valence-electron chi connectivity index (χ1n) is 4.68. The quantitative estimate of drug-likeness (QED) is 0.765. The highest BCUT2D eigenvalue weighted by Gasteiger charge is 2.00. The van der Waals surface area contributed by atoms with Crippen LogP contribution in [0, 0.1) is 6.92 Å². The maximum atomic E-state index is 3.16. The van der Waals surface area contributed by atoms with E-state index in [0.717, 1.165) is 6.54 Å². The largest absolute Gasteiger partial charge is 0.388 e. The summed E-state index contributed by atoms with van der Waals surface area (Å²) in [6, 6.07) is 6.47. The molecule has 0 saturated carbocycles. The number of anilines is 2. The number of nitrogens with zero attached hydrogens (tertiary/aromatic N) is 1. The second-order valence-corrected chi connectivity index (χ2v) is 3.26. The number of nitrogens with one attached hydrogen (secondary N) is 1. The van der Waals surface area contributed by atoms with Gasteiger partial charge in [-0.05, 0) is 37.6 Å². The van der Waals surface area contributed by atoms with Crippen molar-refractivity contribution < 1.29 is 0 Å². The normalized spacial score (nSPS) is 9.85. The Morgan fingerprint density at radius 3 is 2.54 bits per heavy atom. The van der Waals surface area contributed by atoms with Gasteiger partial charge in [0.05, 0.1) is 0 Å². The summed E-state index contributed by atoms with van der Waals surface area (Å²) >= 11 is 0. The molecule has 0 aliphatic heterocycles. The van der Waals surface area contributed by atoms with Crippen LogP contribution in [-0.4, -0.2) is 20.6 Å². The predicted octanol–water partition coefficient (Wildman–Crippen LogP) is 2.49. The third-order valence-corrected chi connectivity index (χ3v) is 2.39. The van der Waals surface area contributed by atoms with Gasteiger partial charge in [-0.25, -0.2) is 0 Å². The van der Waals surface area contributed by atoms with E-state index in [4.69, 9.17) is 0 Å². The summed E-state index contributed by atoms with van der Waals surface area (Å²) in [6.07, 6.45) is 0. The highest BCUT2D eigenvalue weighted by Crippen LogP contribution is 2.21. The molecule has 1 aromatic carbocycles. The monoisotopic (exact) mass is 178 g/mol. The van der Waals surface area contributed by atoms with Gasteiger partial charge >= 0.3 is 0 Å². The number of hydrogen-bond donors (Lipinski definition) is 1. The van der Waals surface area contributed by atoms with Gasteiger partial charge in [-0.2, -0.15) is 0 Å². The molecule has 2 nitrogen and oxygen atoms in total. The minimum Gasteiger partial charge on any atom is -0.388 e. The van der Waals surface area contributed by atoms with E-state index < -0.39 is 0 Å². The molecular formula is C11H18N2. The van der Waals surface area contributed by atoms with E-state index in [1.165, 1.54) is 16.9 Å². The maximum Gasteiger partial charge on any atom is 0.0368 e. The van der Waals surface area contributed by atoms with Gasteiger partial charge in [0.1, 0.15) is 0 Å². The smallest absolute Gasteiger partial charge is 0.0368 e. The molecule has 1 aromatic rings. The van der Waals surface area contributed by atoms with Gasteiger partial charge in [0.2, 0.25) is 0 Å². The number of hydrogen-bond acceptors (Lipinski definition) is 2. The third kappa shape index (κ3) is 2.14. The Balaban J connectivity index is 2.95. The molecular weight excluding hydrogens is 160 g/mol. The van der Waals surface area contributed by atoms with Crippen molar-refractivity contribution in [1.82, 2.24) is 0 Å². The van der Waals surface area contributed by atoms with Crippen molar-refractivity contribution in [3.05, 3.63) is 23.8 Å². The van der Waals surface area contributed by atoms with E-state index in [0.29, 0.717) is 0 Å². The first-order chi connectivity index (χ1) is 6.19. The molecule has 2 heteroatoms. The summed E-state index contributed by atoms with van der Waals surface area (Å²) in [4.78, 5) is 2.23. The highest BCUT2D eigenvalue weighted by atomic mass is 15.1. The fraction of sp³-hybridized carbons (Fsp3) is 0.455. The third-order valence-electron chi connectivity index (χ3n) is 2.39. The summed E-state index contributed by atoms with van der Waals surface area (Å²) in [5.74, 6) is 0. The Bertz CT molecular complexity index is 281.